The molecule has 0 atom stereocenters. The van der Waals surface area contributed by atoms with Gasteiger partial charge >= 0.3 is 5.97 Å². The summed E-state index contributed by atoms with van der Waals surface area (Å²) >= 11 is 0. The van der Waals surface area contributed by atoms with Crippen molar-refractivity contribution < 1.29 is 19.4 Å². The first-order chi connectivity index (χ1) is 11.1. The van der Waals surface area contributed by atoms with Crippen molar-refractivity contribution in [2.45, 2.75) is 0 Å². The Kier molecular flexibility index (Phi) is 3.80. The number of ether oxygens (including phenoxy) is 2. The van der Waals surface area contributed by atoms with E-state index in [2.05, 4.69) is 9.97 Å². The van der Waals surface area contributed by atoms with Gasteiger partial charge in [-0.25, -0.2) is 9.78 Å². The second-order valence-corrected chi connectivity index (χ2v) is 4.85. The number of hydrogen-bond acceptors (Lipinski definition) is 5. The molecule has 0 spiro atoms. The van der Waals surface area contributed by atoms with Crippen LogP contribution in [0.3, 0.4) is 0 Å². The van der Waals surface area contributed by atoms with Crippen LogP contribution in [-0.2, 0) is 0 Å². The number of methoxy groups -OCH3 is 2. The predicted molar refractivity (Wildman–Crippen MR) is 85.0 cm³/mol. The second kappa shape index (κ2) is 5.92. The summed E-state index contributed by atoms with van der Waals surface area (Å²) in [6.07, 6.45) is 1.25. The molecule has 6 heteroatoms. The number of carboxylic acid groups (broad SMARTS) is 1. The highest BCUT2D eigenvalue weighted by Crippen LogP contribution is 2.26. The highest BCUT2D eigenvalue weighted by atomic mass is 16.5. The van der Waals surface area contributed by atoms with E-state index in [0.29, 0.717) is 5.82 Å². The van der Waals surface area contributed by atoms with Crippen LogP contribution < -0.4 is 9.47 Å². The number of aromatic carboxylic acids is 1. The minimum atomic E-state index is -1.13. The molecule has 6 nitrogen and oxygen atoms in total. The quantitative estimate of drug-likeness (QED) is 0.797. The van der Waals surface area contributed by atoms with Crippen LogP contribution in [0.15, 0.2) is 42.6 Å². The molecule has 0 radical (unpaired) electrons. The van der Waals surface area contributed by atoms with Crippen molar-refractivity contribution in [1.29, 1.82) is 0 Å². The molecule has 0 aliphatic heterocycles. The Morgan fingerprint density at radius 2 is 1.78 bits per heavy atom. The van der Waals surface area contributed by atoms with Crippen LogP contribution >= 0.6 is 0 Å². The van der Waals surface area contributed by atoms with Crippen LogP contribution in [0.5, 0.6) is 11.6 Å². The zero-order valence-corrected chi connectivity index (χ0v) is 12.6. The zero-order chi connectivity index (χ0) is 16.4. The summed E-state index contributed by atoms with van der Waals surface area (Å²) in [5.74, 6) is 0.106. The number of rotatable bonds is 4. The van der Waals surface area contributed by atoms with Crippen molar-refractivity contribution in [1.82, 2.24) is 9.97 Å². The maximum absolute atomic E-state index is 11.1. The van der Waals surface area contributed by atoms with Crippen molar-refractivity contribution >= 4 is 16.7 Å². The highest BCUT2D eigenvalue weighted by molar-refractivity contribution is 5.90. The van der Waals surface area contributed by atoms with E-state index in [1.165, 1.54) is 13.3 Å². The fraction of sp³-hybridized carbons (Fsp3) is 0.118. The number of carbonyl (C=O) groups is 1. The fourth-order valence-electron chi connectivity index (χ4n) is 2.30. The summed E-state index contributed by atoms with van der Waals surface area (Å²) < 4.78 is 10.2. The topological polar surface area (TPSA) is 81.5 Å². The average Bonchev–Trinajstić information content (AvgIpc) is 2.60. The van der Waals surface area contributed by atoms with Crippen LogP contribution in [-0.4, -0.2) is 35.3 Å². The summed E-state index contributed by atoms with van der Waals surface area (Å²) in [5, 5.41) is 11.1. The maximum atomic E-state index is 11.1. The Morgan fingerprint density at radius 3 is 2.48 bits per heavy atom. The molecule has 2 aromatic carbocycles. The molecule has 0 amide bonds. The van der Waals surface area contributed by atoms with E-state index < -0.39 is 5.97 Å². The Morgan fingerprint density at radius 1 is 1.04 bits per heavy atom. The molecule has 0 bridgehead atoms. The fourth-order valence-corrected chi connectivity index (χ4v) is 2.30. The molecule has 1 aromatic heterocycles. The van der Waals surface area contributed by atoms with Crippen LogP contribution in [0.2, 0.25) is 0 Å². The lowest BCUT2D eigenvalue weighted by Gasteiger charge is -2.07. The van der Waals surface area contributed by atoms with Crippen molar-refractivity contribution in [3.05, 3.63) is 48.2 Å². The summed E-state index contributed by atoms with van der Waals surface area (Å²) in [6, 6.07) is 11.5. The summed E-state index contributed by atoms with van der Waals surface area (Å²) in [5.41, 5.74) is 0.708. The molecule has 0 aliphatic rings. The lowest BCUT2D eigenvalue weighted by atomic mass is 10.1. The molecule has 3 aromatic rings. The predicted octanol–water partition coefficient (Wildman–Crippen LogP) is 3.01. The Labute approximate surface area is 132 Å². The number of aromatic nitrogens is 2. The van der Waals surface area contributed by atoms with Crippen molar-refractivity contribution in [2.75, 3.05) is 14.2 Å². The molecule has 0 aliphatic carbocycles. The molecule has 0 fully saturated rings. The van der Waals surface area contributed by atoms with Gasteiger partial charge in [-0.15, -0.1) is 0 Å². The Hall–Kier alpha value is -3.15. The monoisotopic (exact) mass is 310 g/mol. The smallest absolute Gasteiger partial charge is 0.342 e. The molecule has 1 heterocycles. The van der Waals surface area contributed by atoms with E-state index >= 15 is 0 Å². The SMILES string of the molecule is COc1ccc2cc(-c3ncc(C(=O)O)c(OC)n3)ccc2c1. The van der Waals surface area contributed by atoms with Crippen molar-refractivity contribution in [2.24, 2.45) is 0 Å². The normalized spacial score (nSPS) is 10.5. The van der Waals surface area contributed by atoms with Crippen LogP contribution in [0.4, 0.5) is 0 Å². The first-order valence-electron chi connectivity index (χ1n) is 6.85. The molecular weight excluding hydrogens is 296 g/mol. The molecule has 0 unspecified atom stereocenters. The van der Waals surface area contributed by atoms with Gasteiger partial charge in [-0.1, -0.05) is 18.2 Å². The number of nitrogens with zero attached hydrogens (tertiary/aromatic N) is 2. The average molecular weight is 310 g/mol. The first kappa shape index (κ1) is 14.8. The summed E-state index contributed by atoms with van der Waals surface area (Å²) in [6.45, 7) is 0. The molecule has 23 heavy (non-hydrogen) atoms. The van der Waals surface area contributed by atoms with Crippen molar-refractivity contribution in [3.8, 4) is 23.0 Å². The zero-order valence-electron chi connectivity index (χ0n) is 12.6. The lowest BCUT2D eigenvalue weighted by Crippen LogP contribution is -2.04. The van der Waals surface area contributed by atoms with E-state index in [-0.39, 0.29) is 11.4 Å². The summed E-state index contributed by atoms with van der Waals surface area (Å²) in [4.78, 5) is 19.4. The van der Waals surface area contributed by atoms with Crippen LogP contribution in [0.25, 0.3) is 22.2 Å². The number of fused-ring (bicyclic) bond motifs is 1. The minimum Gasteiger partial charge on any atom is -0.497 e. The highest BCUT2D eigenvalue weighted by Gasteiger charge is 2.15. The summed E-state index contributed by atoms with van der Waals surface area (Å²) in [7, 11) is 3.00. The number of benzene rings is 2. The van der Waals surface area contributed by atoms with Gasteiger partial charge in [-0.05, 0) is 29.0 Å². The van der Waals surface area contributed by atoms with Gasteiger partial charge in [0.25, 0.3) is 0 Å². The lowest BCUT2D eigenvalue weighted by molar-refractivity contribution is 0.0692. The first-order valence-corrected chi connectivity index (χ1v) is 6.85. The minimum absolute atomic E-state index is 0.0392. The van der Waals surface area contributed by atoms with Gasteiger partial charge in [-0.3, -0.25) is 0 Å². The van der Waals surface area contributed by atoms with Gasteiger partial charge in [0, 0.05) is 11.8 Å². The van der Waals surface area contributed by atoms with E-state index in [4.69, 9.17) is 14.6 Å². The van der Waals surface area contributed by atoms with E-state index in [9.17, 15) is 4.79 Å². The Bertz CT molecular complexity index is 893. The number of hydrogen-bond donors (Lipinski definition) is 1. The van der Waals surface area contributed by atoms with Gasteiger partial charge in [0.15, 0.2) is 5.82 Å². The van der Waals surface area contributed by atoms with Crippen LogP contribution in [0, 0.1) is 0 Å². The van der Waals surface area contributed by atoms with Gasteiger partial charge < -0.3 is 14.6 Å². The van der Waals surface area contributed by atoms with E-state index in [1.54, 1.807) is 7.11 Å². The Balaban J connectivity index is 2.07. The van der Waals surface area contributed by atoms with Gasteiger partial charge in [-0.2, -0.15) is 4.98 Å². The maximum Gasteiger partial charge on any atom is 0.342 e. The van der Waals surface area contributed by atoms with Gasteiger partial charge in [0.05, 0.1) is 14.2 Å². The molecule has 3 rings (SSSR count). The molecule has 116 valence electrons. The van der Waals surface area contributed by atoms with Gasteiger partial charge in [0.1, 0.15) is 11.3 Å². The second-order valence-electron chi connectivity index (χ2n) is 4.85. The van der Waals surface area contributed by atoms with E-state index in [0.717, 1.165) is 22.1 Å². The molecule has 0 saturated carbocycles. The largest absolute Gasteiger partial charge is 0.497 e. The van der Waals surface area contributed by atoms with E-state index in [1.807, 2.05) is 36.4 Å². The third-order valence-corrected chi connectivity index (χ3v) is 3.48. The molecule has 0 saturated heterocycles. The third kappa shape index (κ3) is 2.78. The molecule has 1 N–H and O–H groups in total. The van der Waals surface area contributed by atoms with Crippen LogP contribution in [0.1, 0.15) is 10.4 Å². The van der Waals surface area contributed by atoms with Crippen molar-refractivity contribution in [3.63, 3.8) is 0 Å². The van der Waals surface area contributed by atoms with Gasteiger partial charge in [0.2, 0.25) is 5.88 Å². The molecular formula is C17H14N2O4. The standard InChI is InChI=1S/C17H14N2O4/c1-22-13-6-5-10-7-12(4-3-11(10)8-13)15-18-9-14(17(20)21)16(19-15)23-2/h3-9H,1-2H3,(H,20,21). The number of carboxylic acids is 1. The third-order valence-electron chi connectivity index (χ3n) is 3.48.